The highest BCUT2D eigenvalue weighted by molar-refractivity contribution is 8.55. The zero-order chi connectivity index (χ0) is 16.1. The van der Waals surface area contributed by atoms with Gasteiger partial charge in [0.25, 0.3) is 0 Å². The molecule has 0 fully saturated rings. The first-order valence-corrected chi connectivity index (χ1v) is 10.3. The Morgan fingerprint density at radius 1 is 1.29 bits per heavy atom. The van der Waals surface area contributed by atoms with Crippen molar-refractivity contribution in [3.05, 3.63) is 17.6 Å². The molecule has 0 aliphatic carbocycles. The molecule has 5 nitrogen and oxygen atoms in total. The fraction of sp³-hybridized carbons (Fsp3) is 0.714. The summed E-state index contributed by atoms with van der Waals surface area (Å²) in [6, 6.07) is 1.69. The summed E-state index contributed by atoms with van der Waals surface area (Å²) in [5, 5.41) is 0. The summed E-state index contributed by atoms with van der Waals surface area (Å²) in [7, 11) is 0. The van der Waals surface area contributed by atoms with Gasteiger partial charge in [0.05, 0.1) is 6.61 Å². The number of aryl methyl sites for hydroxylation is 1. The Balaban J connectivity index is 3.04. The third kappa shape index (κ3) is 5.97. The number of aromatic nitrogens is 2. The Hall–Kier alpha value is -0.580. The first kappa shape index (κ1) is 18.5. The predicted octanol–water partition coefficient (Wildman–Crippen LogP) is 4.75. The van der Waals surface area contributed by atoms with E-state index in [-0.39, 0.29) is 5.41 Å². The molecule has 0 saturated heterocycles. The van der Waals surface area contributed by atoms with Gasteiger partial charge in [0.1, 0.15) is 5.82 Å². The molecule has 0 spiro atoms. The van der Waals surface area contributed by atoms with Gasteiger partial charge in [0, 0.05) is 22.9 Å². The zero-order valence-electron chi connectivity index (χ0n) is 13.7. The van der Waals surface area contributed by atoms with Crippen molar-refractivity contribution in [2.24, 2.45) is 0 Å². The Morgan fingerprint density at radius 3 is 2.48 bits per heavy atom. The quantitative estimate of drug-likeness (QED) is 0.672. The second-order valence-corrected chi connectivity index (χ2v) is 9.83. The monoisotopic (exact) mass is 332 g/mol. The van der Waals surface area contributed by atoms with Gasteiger partial charge in [-0.3, -0.25) is 4.52 Å². The van der Waals surface area contributed by atoms with Crippen molar-refractivity contribution in [3.63, 3.8) is 0 Å². The van der Waals surface area contributed by atoms with Gasteiger partial charge in [-0.15, -0.1) is 0 Å². The van der Waals surface area contributed by atoms with Gasteiger partial charge < -0.3 is 4.52 Å². The van der Waals surface area contributed by atoms with Gasteiger partial charge >= 0.3 is 6.80 Å². The van der Waals surface area contributed by atoms with Crippen LogP contribution in [0.4, 0.5) is 0 Å². The Kier molecular flexibility index (Phi) is 6.70. The summed E-state index contributed by atoms with van der Waals surface area (Å²) in [5.74, 6) is 1.70. The van der Waals surface area contributed by atoms with Crippen molar-refractivity contribution in [2.75, 3.05) is 12.4 Å². The van der Waals surface area contributed by atoms with Crippen LogP contribution in [-0.4, -0.2) is 22.3 Å². The van der Waals surface area contributed by atoms with Crippen molar-refractivity contribution in [1.82, 2.24) is 9.97 Å². The summed E-state index contributed by atoms with van der Waals surface area (Å²) < 4.78 is 23.6. The third-order valence-corrected chi connectivity index (χ3v) is 6.38. The smallest absolute Gasteiger partial charge is 0.398 e. The second-order valence-electron chi connectivity index (χ2n) is 5.71. The number of rotatable bonds is 7. The van der Waals surface area contributed by atoms with Crippen LogP contribution in [0.15, 0.2) is 6.07 Å². The van der Waals surface area contributed by atoms with Crippen molar-refractivity contribution in [1.29, 1.82) is 0 Å². The normalized spacial score (nSPS) is 14.8. The van der Waals surface area contributed by atoms with Crippen molar-refractivity contribution in [3.8, 4) is 5.88 Å². The molecule has 1 unspecified atom stereocenters. The molecule has 1 aromatic heterocycles. The van der Waals surface area contributed by atoms with Crippen LogP contribution in [0.5, 0.6) is 5.88 Å². The molecule has 0 radical (unpaired) electrons. The highest BCUT2D eigenvalue weighted by atomic mass is 32.7. The predicted molar refractivity (Wildman–Crippen MR) is 88.1 cm³/mol. The van der Waals surface area contributed by atoms with E-state index in [0.29, 0.717) is 24.1 Å². The third-order valence-electron chi connectivity index (χ3n) is 2.45. The molecular weight excluding hydrogens is 307 g/mol. The highest BCUT2D eigenvalue weighted by Gasteiger charge is 2.28. The first-order valence-electron chi connectivity index (χ1n) is 7.15. The lowest BCUT2D eigenvalue weighted by Gasteiger charge is -2.20. The SMILES string of the molecule is CCCSP(=O)(OCC)Oc1cc(C)nc(C(C)(C)C)n1. The van der Waals surface area contributed by atoms with E-state index in [9.17, 15) is 4.57 Å². The average molecular weight is 332 g/mol. The molecule has 1 heterocycles. The maximum absolute atomic E-state index is 12.7. The molecule has 0 N–H and O–H groups in total. The van der Waals surface area contributed by atoms with Crippen molar-refractivity contribution < 1.29 is 13.6 Å². The maximum Gasteiger partial charge on any atom is 0.441 e. The standard InChI is InChI=1S/C14H25N2O3PS/c1-7-9-21-20(17,18-8-2)19-12-10-11(3)15-13(16-12)14(4,5)6/h10H,7-9H2,1-6H3. The summed E-state index contributed by atoms with van der Waals surface area (Å²) in [6.07, 6.45) is 0.904. The van der Waals surface area contributed by atoms with E-state index in [1.807, 2.05) is 34.6 Å². The summed E-state index contributed by atoms with van der Waals surface area (Å²) in [5.41, 5.74) is 0.587. The fourth-order valence-electron chi connectivity index (χ4n) is 1.49. The molecule has 0 aliphatic heterocycles. The summed E-state index contributed by atoms with van der Waals surface area (Å²) >= 11 is 1.21. The van der Waals surface area contributed by atoms with E-state index in [2.05, 4.69) is 9.97 Å². The minimum absolute atomic E-state index is 0.198. The largest absolute Gasteiger partial charge is 0.441 e. The Labute approximate surface area is 131 Å². The topological polar surface area (TPSA) is 61.3 Å². The van der Waals surface area contributed by atoms with E-state index in [4.69, 9.17) is 9.05 Å². The van der Waals surface area contributed by atoms with Crippen molar-refractivity contribution >= 4 is 18.2 Å². The van der Waals surface area contributed by atoms with E-state index in [0.717, 1.165) is 12.1 Å². The molecule has 1 aromatic rings. The number of nitrogens with zero attached hydrogens (tertiary/aromatic N) is 2. The van der Waals surface area contributed by atoms with Gasteiger partial charge in [-0.1, -0.05) is 27.7 Å². The summed E-state index contributed by atoms with van der Waals surface area (Å²) in [6.45, 7) is 8.89. The van der Waals surface area contributed by atoms with E-state index < -0.39 is 6.80 Å². The lowest BCUT2D eigenvalue weighted by molar-refractivity contribution is 0.292. The van der Waals surface area contributed by atoms with Crippen LogP contribution in [0, 0.1) is 6.92 Å². The van der Waals surface area contributed by atoms with Gasteiger partial charge in [0.2, 0.25) is 5.88 Å². The van der Waals surface area contributed by atoms with Gasteiger partial charge in [-0.2, -0.15) is 4.98 Å². The van der Waals surface area contributed by atoms with Gasteiger partial charge in [-0.25, -0.2) is 9.55 Å². The lowest BCUT2D eigenvalue weighted by atomic mass is 9.96. The van der Waals surface area contributed by atoms with Crippen LogP contribution in [0.1, 0.15) is 52.6 Å². The van der Waals surface area contributed by atoms with E-state index >= 15 is 0 Å². The van der Waals surface area contributed by atoms with Crippen LogP contribution < -0.4 is 4.52 Å². The minimum Gasteiger partial charge on any atom is -0.398 e. The molecule has 120 valence electrons. The highest BCUT2D eigenvalue weighted by Crippen LogP contribution is 2.59. The molecular formula is C14H25N2O3PS. The molecule has 1 rings (SSSR count). The van der Waals surface area contributed by atoms with Crippen LogP contribution in [0.25, 0.3) is 0 Å². The minimum atomic E-state index is -3.22. The van der Waals surface area contributed by atoms with Gasteiger partial charge in [-0.05, 0) is 31.7 Å². The second kappa shape index (κ2) is 7.61. The molecule has 1 atom stereocenters. The first-order chi connectivity index (χ1) is 9.70. The molecule has 0 saturated carbocycles. The fourth-order valence-corrected chi connectivity index (χ4v) is 4.86. The van der Waals surface area contributed by atoms with Crippen molar-refractivity contribution in [2.45, 2.75) is 53.4 Å². The summed E-state index contributed by atoms with van der Waals surface area (Å²) in [4.78, 5) is 8.80. The molecule has 0 bridgehead atoms. The molecule has 0 aliphatic rings. The average Bonchev–Trinajstić information content (AvgIpc) is 2.35. The van der Waals surface area contributed by atoms with E-state index in [1.54, 1.807) is 13.0 Å². The molecule has 7 heteroatoms. The molecule has 0 amide bonds. The van der Waals surface area contributed by atoms with E-state index in [1.165, 1.54) is 11.4 Å². The van der Waals surface area contributed by atoms with Gasteiger partial charge in [0.15, 0.2) is 0 Å². The maximum atomic E-state index is 12.7. The Bertz CT molecular complexity index is 517. The van der Waals surface area contributed by atoms with Crippen LogP contribution >= 0.6 is 18.2 Å². The van der Waals surface area contributed by atoms with Crippen LogP contribution in [0.2, 0.25) is 0 Å². The number of hydrogen-bond donors (Lipinski definition) is 0. The molecule has 21 heavy (non-hydrogen) atoms. The van der Waals surface area contributed by atoms with Crippen LogP contribution in [-0.2, 0) is 14.5 Å². The number of hydrogen-bond acceptors (Lipinski definition) is 6. The van der Waals surface area contributed by atoms with Crippen LogP contribution in [0.3, 0.4) is 0 Å². The Morgan fingerprint density at radius 2 is 1.95 bits per heavy atom. The lowest BCUT2D eigenvalue weighted by Crippen LogP contribution is -2.17. The molecule has 0 aromatic carbocycles. The zero-order valence-corrected chi connectivity index (χ0v) is 15.4.